The van der Waals surface area contributed by atoms with Crippen molar-refractivity contribution in [2.75, 3.05) is 18.4 Å². The van der Waals surface area contributed by atoms with Crippen LogP contribution in [-0.4, -0.2) is 24.0 Å². The Morgan fingerprint density at radius 2 is 2.35 bits per heavy atom. The van der Waals surface area contributed by atoms with E-state index in [0.717, 1.165) is 27.8 Å². The highest BCUT2D eigenvalue weighted by Gasteiger charge is 2.25. The summed E-state index contributed by atoms with van der Waals surface area (Å²) in [4.78, 5) is 16.1. The number of hydrogen-bond donors (Lipinski definition) is 2. The molecule has 88 valence electrons. The number of amides is 1. The van der Waals surface area contributed by atoms with Crippen LogP contribution >= 0.6 is 27.3 Å². The standard InChI is InChI=1S/C11H10BrN3OS/c12-7-1-2-8-9(3-7)17-11(14-8)15-10(16)6-4-13-5-6/h1-3,6,13H,4-5H2,(H,14,15,16). The number of fused-ring (bicyclic) bond motifs is 1. The maximum atomic E-state index is 11.7. The summed E-state index contributed by atoms with van der Waals surface area (Å²) in [6, 6.07) is 5.90. The third-order valence-corrected chi connectivity index (χ3v) is 4.16. The Hall–Kier alpha value is -0.980. The minimum Gasteiger partial charge on any atom is -0.315 e. The first-order valence-electron chi connectivity index (χ1n) is 5.30. The summed E-state index contributed by atoms with van der Waals surface area (Å²) in [6.07, 6.45) is 0. The van der Waals surface area contributed by atoms with Crippen LogP contribution in [0.15, 0.2) is 22.7 Å². The van der Waals surface area contributed by atoms with E-state index in [2.05, 4.69) is 31.5 Å². The van der Waals surface area contributed by atoms with E-state index in [0.29, 0.717) is 5.13 Å². The van der Waals surface area contributed by atoms with Crippen molar-refractivity contribution < 1.29 is 4.79 Å². The lowest BCUT2D eigenvalue weighted by atomic mass is 10.0. The van der Waals surface area contributed by atoms with Crippen LogP contribution in [0, 0.1) is 5.92 Å². The molecule has 0 radical (unpaired) electrons. The highest BCUT2D eigenvalue weighted by molar-refractivity contribution is 9.10. The predicted octanol–water partition coefficient (Wildman–Crippen LogP) is 2.22. The number of nitrogens with zero attached hydrogens (tertiary/aromatic N) is 1. The van der Waals surface area contributed by atoms with Gasteiger partial charge >= 0.3 is 0 Å². The number of nitrogens with one attached hydrogen (secondary N) is 2. The Morgan fingerprint density at radius 1 is 1.53 bits per heavy atom. The molecule has 1 aromatic carbocycles. The number of benzene rings is 1. The molecule has 1 saturated heterocycles. The molecule has 1 amide bonds. The van der Waals surface area contributed by atoms with Crippen LogP contribution in [0.25, 0.3) is 10.2 Å². The van der Waals surface area contributed by atoms with Crippen molar-refractivity contribution in [3.05, 3.63) is 22.7 Å². The Morgan fingerprint density at radius 3 is 3.06 bits per heavy atom. The van der Waals surface area contributed by atoms with Gasteiger partial charge in [-0.1, -0.05) is 27.3 Å². The van der Waals surface area contributed by atoms with Crippen molar-refractivity contribution in [1.82, 2.24) is 10.3 Å². The van der Waals surface area contributed by atoms with Gasteiger partial charge in [0.05, 0.1) is 16.1 Å². The number of halogens is 1. The molecule has 1 aromatic heterocycles. The van der Waals surface area contributed by atoms with Crippen LogP contribution in [0.1, 0.15) is 0 Å². The van der Waals surface area contributed by atoms with Crippen molar-refractivity contribution in [1.29, 1.82) is 0 Å². The monoisotopic (exact) mass is 311 g/mol. The molecular weight excluding hydrogens is 302 g/mol. The van der Waals surface area contributed by atoms with Crippen LogP contribution in [0.4, 0.5) is 5.13 Å². The van der Waals surface area contributed by atoms with E-state index in [4.69, 9.17) is 0 Å². The summed E-state index contributed by atoms with van der Waals surface area (Å²) in [5.74, 6) is 0.149. The molecule has 3 rings (SSSR count). The molecule has 1 fully saturated rings. The largest absolute Gasteiger partial charge is 0.315 e. The van der Waals surface area contributed by atoms with Gasteiger partial charge in [-0.15, -0.1) is 0 Å². The lowest BCUT2D eigenvalue weighted by molar-refractivity contribution is -0.121. The number of anilines is 1. The molecule has 4 nitrogen and oxygen atoms in total. The van der Waals surface area contributed by atoms with Gasteiger partial charge in [-0.25, -0.2) is 4.98 Å². The van der Waals surface area contributed by atoms with E-state index in [9.17, 15) is 4.79 Å². The van der Waals surface area contributed by atoms with Crippen molar-refractivity contribution in [3.63, 3.8) is 0 Å². The lowest BCUT2D eigenvalue weighted by Crippen LogP contribution is -2.48. The Kier molecular flexibility index (Phi) is 2.85. The fourth-order valence-corrected chi connectivity index (χ4v) is 3.05. The normalized spacial score (nSPS) is 15.8. The van der Waals surface area contributed by atoms with E-state index in [1.54, 1.807) is 0 Å². The molecule has 2 aromatic rings. The Bertz CT molecular complexity index is 579. The molecule has 0 saturated carbocycles. The number of hydrogen-bond acceptors (Lipinski definition) is 4. The minimum absolute atomic E-state index is 0.0573. The average molecular weight is 312 g/mol. The van der Waals surface area contributed by atoms with Gasteiger partial charge in [-0.05, 0) is 18.2 Å². The number of carbonyl (C=O) groups is 1. The Labute approximate surface area is 111 Å². The summed E-state index contributed by atoms with van der Waals surface area (Å²) in [5, 5.41) is 6.62. The topological polar surface area (TPSA) is 54.0 Å². The zero-order chi connectivity index (χ0) is 11.8. The first kappa shape index (κ1) is 11.1. The summed E-state index contributed by atoms with van der Waals surface area (Å²) < 4.78 is 2.09. The second kappa shape index (κ2) is 4.36. The molecule has 0 aliphatic carbocycles. The SMILES string of the molecule is O=C(Nc1nc2ccc(Br)cc2s1)C1CNC1. The minimum atomic E-state index is 0.0573. The van der Waals surface area contributed by atoms with E-state index in [1.165, 1.54) is 11.3 Å². The summed E-state index contributed by atoms with van der Waals surface area (Å²) in [5.41, 5.74) is 0.917. The number of rotatable bonds is 2. The second-order valence-electron chi connectivity index (χ2n) is 3.98. The quantitative estimate of drug-likeness (QED) is 0.894. The zero-order valence-corrected chi connectivity index (χ0v) is 11.3. The van der Waals surface area contributed by atoms with Crippen molar-refractivity contribution in [2.24, 2.45) is 5.92 Å². The first-order valence-corrected chi connectivity index (χ1v) is 6.91. The van der Waals surface area contributed by atoms with Gasteiger partial charge in [0.1, 0.15) is 0 Å². The zero-order valence-electron chi connectivity index (χ0n) is 8.87. The molecule has 1 aliphatic rings. The van der Waals surface area contributed by atoms with E-state index in [-0.39, 0.29) is 11.8 Å². The van der Waals surface area contributed by atoms with Crippen LogP contribution < -0.4 is 10.6 Å². The smallest absolute Gasteiger partial charge is 0.231 e. The highest BCUT2D eigenvalue weighted by Crippen LogP contribution is 2.28. The second-order valence-corrected chi connectivity index (χ2v) is 5.92. The number of carbonyl (C=O) groups excluding carboxylic acids is 1. The maximum Gasteiger partial charge on any atom is 0.231 e. The molecule has 6 heteroatoms. The van der Waals surface area contributed by atoms with Gasteiger partial charge in [0, 0.05) is 17.6 Å². The van der Waals surface area contributed by atoms with Crippen LogP contribution in [0.3, 0.4) is 0 Å². The molecule has 2 heterocycles. The predicted molar refractivity (Wildman–Crippen MR) is 72.3 cm³/mol. The van der Waals surface area contributed by atoms with Crippen LogP contribution in [0.5, 0.6) is 0 Å². The molecule has 0 bridgehead atoms. The summed E-state index contributed by atoms with van der Waals surface area (Å²) in [6.45, 7) is 1.53. The first-order chi connectivity index (χ1) is 8.22. The van der Waals surface area contributed by atoms with Gasteiger partial charge in [0.2, 0.25) is 5.91 Å². The van der Waals surface area contributed by atoms with Gasteiger partial charge in [-0.2, -0.15) is 0 Å². The number of aromatic nitrogens is 1. The maximum absolute atomic E-state index is 11.7. The average Bonchev–Trinajstić information content (AvgIpc) is 2.55. The fraction of sp³-hybridized carbons (Fsp3) is 0.273. The third kappa shape index (κ3) is 2.20. The van der Waals surface area contributed by atoms with E-state index < -0.39 is 0 Å². The third-order valence-electron chi connectivity index (χ3n) is 2.73. The lowest BCUT2D eigenvalue weighted by Gasteiger charge is -2.25. The van der Waals surface area contributed by atoms with Gasteiger partial charge in [0.25, 0.3) is 0 Å². The Balaban J connectivity index is 1.83. The molecule has 1 aliphatic heterocycles. The van der Waals surface area contributed by atoms with Crippen molar-refractivity contribution >= 4 is 48.5 Å². The van der Waals surface area contributed by atoms with Gasteiger partial charge in [0.15, 0.2) is 5.13 Å². The van der Waals surface area contributed by atoms with E-state index in [1.807, 2.05) is 18.2 Å². The molecule has 0 spiro atoms. The van der Waals surface area contributed by atoms with Gasteiger partial charge < -0.3 is 10.6 Å². The van der Waals surface area contributed by atoms with Crippen molar-refractivity contribution in [2.45, 2.75) is 0 Å². The fourth-order valence-electron chi connectivity index (χ4n) is 1.63. The van der Waals surface area contributed by atoms with Crippen LogP contribution in [-0.2, 0) is 4.79 Å². The molecule has 2 N–H and O–H groups in total. The van der Waals surface area contributed by atoms with Crippen LogP contribution in [0.2, 0.25) is 0 Å². The molecular formula is C11H10BrN3OS. The highest BCUT2D eigenvalue weighted by atomic mass is 79.9. The molecule has 17 heavy (non-hydrogen) atoms. The molecule has 0 unspecified atom stereocenters. The van der Waals surface area contributed by atoms with E-state index >= 15 is 0 Å². The van der Waals surface area contributed by atoms with Crippen molar-refractivity contribution in [3.8, 4) is 0 Å². The molecule has 0 atom stereocenters. The number of thiazole rings is 1. The summed E-state index contributed by atoms with van der Waals surface area (Å²) >= 11 is 4.92. The van der Waals surface area contributed by atoms with Gasteiger partial charge in [-0.3, -0.25) is 4.79 Å². The summed E-state index contributed by atoms with van der Waals surface area (Å²) in [7, 11) is 0.